The van der Waals surface area contributed by atoms with Crippen molar-refractivity contribution in [2.75, 3.05) is 17.3 Å². The van der Waals surface area contributed by atoms with Gasteiger partial charge in [-0.25, -0.2) is 4.98 Å². The van der Waals surface area contributed by atoms with Gasteiger partial charge in [-0.3, -0.25) is 4.79 Å². The number of amides is 1. The molecule has 1 aromatic carbocycles. The van der Waals surface area contributed by atoms with Crippen LogP contribution in [0, 0.1) is 0 Å². The molecule has 104 valence electrons. The van der Waals surface area contributed by atoms with E-state index in [-0.39, 0.29) is 5.91 Å². The summed E-state index contributed by atoms with van der Waals surface area (Å²) in [6, 6.07) is 9.15. The number of aromatic amines is 1. The van der Waals surface area contributed by atoms with Crippen LogP contribution >= 0.6 is 11.6 Å². The Morgan fingerprint density at radius 3 is 3.00 bits per heavy atom. The van der Waals surface area contributed by atoms with Gasteiger partial charge in [-0.05, 0) is 30.3 Å². The summed E-state index contributed by atoms with van der Waals surface area (Å²) in [5.41, 5.74) is 2.81. The number of hydrogen-bond acceptors (Lipinski definition) is 3. The minimum absolute atomic E-state index is 0.114. The number of nitrogens with one attached hydrogen (secondary N) is 2. The van der Waals surface area contributed by atoms with E-state index in [1.165, 1.54) is 0 Å². The molecular formula is C15H11ClN4O. The Morgan fingerprint density at radius 2 is 2.14 bits per heavy atom. The molecule has 0 saturated heterocycles. The number of anilines is 3. The second kappa shape index (κ2) is 4.23. The van der Waals surface area contributed by atoms with E-state index in [1.54, 1.807) is 30.3 Å². The topological polar surface area (TPSA) is 61.0 Å². The monoisotopic (exact) mass is 298 g/mol. The number of pyridine rings is 1. The summed E-state index contributed by atoms with van der Waals surface area (Å²) in [5.74, 6) is 0.532. The summed E-state index contributed by atoms with van der Waals surface area (Å²) in [7, 11) is 1.73. The fourth-order valence-corrected chi connectivity index (χ4v) is 2.79. The lowest BCUT2D eigenvalue weighted by Crippen LogP contribution is -2.25. The average Bonchev–Trinajstić information content (AvgIpc) is 2.80. The van der Waals surface area contributed by atoms with Crippen LogP contribution in [0.4, 0.5) is 17.2 Å². The highest BCUT2D eigenvalue weighted by molar-refractivity contribution is 6.31. The van der Waals surface area contributed by atoms with Crippen LogP contribution in [0.25, 0.3) is 10.9 Å². The summed E-state index contributed by atoms with van der Waals surface area (Å²) in [5, 5.41) is 4.75. The first-order valence-electron chi connectivity index (χ1n) is 6.46. The van der Waals surface area contributed by atoms with Crippen LogP contribution in [-0.2, 0) is 0 Å². The molecular weight excluding hydrogens is 288 g/mol. The van der Waals surface area contributed by atoms with Gasteiger partial charge in [0.2, 0.25) is 0 Å². The lowest BCUT2D eigenvalue weighted by molar-refractivity contribution is 0.0990. The van der Waals surface area contributed by atoms with E-state index in [9.17, 15) is 4.79 Å². The van der Waals surface area contributed by atoms with Crippen molar-refractivity contribution < 1.29 is 4.79 Å². The normalized spacial score (nSPS) is 13.6. The van der Waals surface area contributed by atoms with Gasteiger partial charge < -0.3 is 15.2 Å². The number of aromatic nitrogens is 2. The van der Waals surface area contributed by atoms with E-state index in [1.807, 2.05) is 18.2 Å². The number of halogens is 1. The Bertz CT molecular complexity index is 887. The smallest absolute Gasteiger partial charge is 0.276 e. The predicted octanol–water partition coefficient (Wildman–Crippen LogP) is 3.55. The van der Waals surface area contributed by atoms with Crippen molar-refractivity contribution >= 4 is 45.6 Å². The second-order valence-corrected chi connectivity index (χ2v) is 5.36. The molecule has 21 heavy (non-hydrogen) atoms. The summed E-state index contributed by atoms with van der Waals surface area (Å²) < 4.78 is 0. The quantitative estimate of drug-likeness (QED) is 0.667. The number of H-pyrrole nitrogens is 1. The summed E-state index contributed by atoms with van der Waals surface area (Å²) >= 11 is 6.07. The van der Waals surface area contributed by atoms with Crippen molar-refractivity contribution in [2.24, 2.45) is 0 Å². The molecule has 0 saturated carbocycles. The maximum Gasteiger partial charge on any atom is 0.276 e. The lowest BCUT2D eigenvalue weighted by atomic mass is 10.2. The van der Waals surface area contributed by atoms with Crippen LogP contribution in [0.3, 0.4) is 0 Å². The van der Waals surface area contributed by atoms with E-state index in [2.05, 4.69) is 15.3 Å². The molecule has 5 nitrogen and oxygen atoms in total. The number of benzene rings is 1. The first kappa shape index (κ1) is 12.2. The molecule has 0 unspecified atom stereocenters. The second-order valence-electron chi connectivity index (χ2n) is 4.93. The van der Waals surface area contributed by atoms with Crippen LogP contribution in [-0.4, -0.2) is 22.9 Å². The van der Waals surface area contributed by atoms with E-state index >= 15 is 0 Å². The van der Waals surface area contributed by atoms with Gasteiger partial charge in [-0.1, -0.05) is 11.6 Å². The maximum absolute atomic E-state index is 12.6. The molecule has 1 aliphatic heterocycles. The number of fused-ring (bicyclic) bond motifs is 4. The van der Waals surface area contributed by atoms with Gasteiger partial charge in [0, 0.05) is 29.2 Å². The third-order valence-corrected chi connectivity index (χ3v) is 3.91. The van der Waals surface area contributed by atoms with E-state index in [0.29, 0.717) is 22.2 Å². The molecule has 0 aliphatic carbocycles. The Morgan fingerprint density at radius 1 is 1.29 bits per heavy atom. The highest BCUT2D eigenvalue weighted by atomic mass is 35.5. The summed E-state index contributed by atoms with van der Waals surface area (Å²) in [6.07, 6.45) is 1.69. The number of carbonyl (C=O) groups excluding carboxylic acids is 1. The molecule has 0 bridgehead atoms. The third kappa shape index (κ3) is 1.71. The van der Waals surface area contributed by atoms with Crippen LogP contribution in [0.2, 0.25) is 5.02 Å². The van der Waals surface area contributed by atoms with Gasteiger partial charge in [0.25, 0.3) is 5.91 Å². The molecule has 0 spiro atoms. The summed E-state index contributed by atoms with van der Waals surface area (Å²) in [4.78, 5) is 21.7. The van der Waals surface area contributed by atoms with Crippen LogP contribution in [0.5, 0.6) is 0 Å². The van der Waals surface area contributed by atoms with Crippen molar-refractivity contribution in [3.63, 3.8) is 0 Å². The largest absolute Gasteiger partial charge is 0.349 e. The molecule has 1 aliphatic rings. The van der Waals surface area contributed by atoms with E-state index in [0.717, 1.165) is 16.6 Å². The molecule has 2 N–H and O–H groups in total. The number of rotatable bonds is 0. The zero-order valence-corrected chi connectivity index (χ0v) is 11.9. The van der Waals surface area contributed by atoms with E-state index < -0.39 is 0 Å². The number of nitrogens with zero attached hydrogens (tertiary/aromatic N) is 2. The first-order chi connectivity index (χ1) is 10.1. The van der Waals surface area contributed by atoms with Crippen molar-refractivity contribution in [2.45, 2.75) is 0 Å². The highest BCUT2D eigenvalue weighted by Gasteiger charge is 2.27. The molecule has 0 fully saturated rings. The van der Waals surface area contributed by atoms with Gasteiger partial charge in [0.1, 0.15) is 5.69 Å². The molecule has 2 aromatic heterocycles. The van der Waals surface area contributed by atoms with Gasteiger partial charge >= 0.3 is 0 Å². The Hall–Kier alpha value is -2.53. The lowest BCUT2D eigenvalue weighted by Gasteiger charge is -2.15. The average molecular weight is 299 g/mol. The molecule has 1 amide bonds. The van der Waals surface area contributed by atoms with Crippen molar-refractivity contribution in [1.29, 1.82) is 0 Å². The molecule has 4 rings (SSSR count). The van der Waals surface area contributed by atoms with Crippen LogP contribution in [0.15, 0.2) is 36.5 Å². The molecule has 0 atom stereocenters. The highest BCUT2D eigenvalue weighted by Crippen LogP contribution is 2.38. The van der Waals surface area contributed by atoms with Crippen molar-refractivity contribution in [3.8, 4) is 0 Å². The molecule has 6 heteroatoms. The minimum Gasteiger partial charge on any atom is -0.349 e. The predicted molar refractivity (Wildman–Crippen MR) is 83.6 cm³/mol. The number of hydrogen-bond donors (Lipinski definition) is 2. The zero-order chi connectivity index (χ0) is 14.6. The van der Waals surface area contributed by atoms with Gasteiger partial charge in [-0.15, -0.1) is 0 Å². The summed E-state index contributed by atoms with van der Waals surface area (Å²) in [6.45, 7) is 0. The third-order valence-electron chi connectivity index (χ3n) is 3.67. The van der Waals surface area contributed by atoms with Crippen LogP contribution < -0.4 is 10.2 Å². The SMILES string of the molecule is CN1C(=O)c2[nH]c3ccc(Cl)cc3c2Nc2ncccc21. The first-order valence-corrected chi connectivity index (χ1v) is 6.84. The zero-order valence-electron chi connectivity index (χ0n) is 11.1. The van der Waals surface area contributed by atoms with E-state index in [4.69, 9.17) is 11.6 Å². The van der Waals surface area contributed by atoms with Gasteiger partial charge in [-0.2, -0.15) is 0 Å². The van der Waals surface area contributed by atoms with Crippen molar-refractivity contribution in [3.05, 3.63) is 47.2 Å². The Kier molecular flexibility index (Phi) is 2.46. The van der Waals surface area contributed by atoms with Gasteiger partial charge in [0.15, 0.2) is 5.82 Å². The minimum atomic E-state index is -0.114. The molecule has 0 radical (unpaired) electrons. The van der Waals surface area contributed by atoms with Gasteiger partial charge in [0.05, 0.1) is 11.4 Å². The maximum atomic E-state index is 12.6. The Balaban J connectivity index is 2.04. The Labute approximate surface area is 125 Å². The van der Waals surface area contributed by atoms with Crippen LogP contribution in [0.1, 0.15) is 10.5 Å². The number of carbonyl (C=O) groups is 1. The molecule has 3 aromatic rings. The molecule has 3 heterocycles. The van der Waals surface area contributed by atoms with Crippen molar-refractivity contribution in [1.82, 2.24) is 9.97 Å². The standard InChI is InChI=1S/C15H11ClN4O/c1-20-11-3-2-6-17-14(11)19-12-9-7-8(16)4-5-10(9)18-13(12)15(20)21/h2-7,18H,1H3,(H,17,19). The fourth-order valence-electron chi connectivity index (χ4n) is 2.61. The fraction of sp³-hybridized carbons (Fsp3) is 0.0667.